The van der Waals surface area contributed by atoms with Crippen molar-refractivity contribution in [3.05, 3.63) is 52.0 Å². The van der Waals surface area contributed by atoms with Gasteiger partial charge in [-0.3, -0.25) is 9.59 Å². The average Bonchev–Trinajstić information content (AvgIpc) is 2.84. The van der Waals surface area contributed by atoms with Gasteiger partial charge in [0, 0.05) is 21.3 Å². The lowest BCUT2D eigenvalue weighted by Crippen LogP contribution is -2.36. The van der Waals surface area contributed by atoms with Gasteiger partial charge >= 0.3 is 0 Å². The molecule has 2 aromatic rings. The number of fused-ring (bicyclic) bond motifs is 1. The quantitative estimate of drug-likeness (QED) is 0.747. The van der Waals surface area contributed by atoms with Gasteiger partial charge in [-0.1, -0.05) is 15.9 Å². The summed E-state index contributed by atoms with van der Waals surface area (Å²) in [6.45, 7) is 0. The standard InChI is InChI=1S/C18H16BrNO5/c1-24-15-6-3-10(7-16(15)25-2)14(21)9-18(23)12-8-11(19)4-5-13(12)20-17(18)22/h3-8,23H,9H2,1-2H3,(H,20,22)/t18-/m1/s1. The summed E-state index contributed by atoms with van der Waals surface area (Å²) in [6, 6.07) is 9.77. The molecule has 1 atom stereocenters. The highest BCUT2D eigenvalue weighted by Crippen LogP contribution is 2.40. The van der Waals surface area contributed by atoms with Gasteiger partial charge in [-0.15, -0.1) is 0 Å². The lowest BCUT2D eigenvalue weighted by atomic mass is 9.88. The number of carbonyl (C=O) groups is 2. The molecule has 130 valence electrons. The fraction of sp³-hybridized carbons (Fsp3) is 0.222. The molecule has 1 aliphatic rings. The van der Waals surface area contributed by atoms with Crippen molar-refractivity contribution in [1.82, 2.24) is 0 Å². The van der Waals surface area contributed by atoms with Gasteiger partial charge < -0.3 is 19.9 Å². The summed E-state index contributed by atoms with van der Waals surface area (Å²) in [5.41, 5.74) is -0.720. The number of carbonyl (C=O) groups excluding carboxylic acids is 2. The van der Waals surface area contributed by atoms with Crippen molar-refractivity contribution in [1.29, 1.82) is 0 Å². The van der Waals surface area contributed by atoms with E-state index >= 15 is 0 Å². The maximum Gasteiger partial charge on any atom is 0.261 e. The van der Waals surface area contributed by atoms with Gasteiger partial charge in [-0.05, 0) is 36.4 Å². The number of hydrogen-bond acceptors (Lipinski definition) is 5. The van der Waals surface area contributed by atoms with Crippen LogP contribution in [0.3, 0.4) is 0 Å². The number of aliphatic hydroxyl groups is 1. The van der Waals surface area contributed by atoms with E-state index in [4.69, 9.17) is 9.47 Å². The van der Waals surface area contributed by atoms with Crippen LogP contribution in [0.4, 0.5) is 5.69 Å². The molecule has 6 nitrogen and oxygen atoms in total. The molecule has 2 N–H and O–H groups in total. The second kappa shape index (κ2) is 6.50. The highest BCUT2D eigenvalue weighted by molar-refractivity contribution is 9.10. The zero-order valence-corrected chi connectivity index (χ0v) is 15.2. The number of methoxy groups -OCH3 is 2. The molecule has 2 aromatic carbocycles. The van der Waals surface area contributed by atoms with Gasteiger partial charge in [-0.2, -0.15) is 0 Å². The van der Waals surface area contributed by atoms with Crippen LogP contribution in [-0.4, -0.2) is 31.0 Å². The summed E-state index contributed by atoms with van der Waals surface area (Å²) in [5.74, 6) is -0.106. The lowest BCUT2D eigenvalue weighted by molar-refractivity contribution is -0.133. The molecular weight excluding hydrogens is 390 g/mol. The summed E-state index contributed by atoms with van der Waals surface area (Å²) < 4.78 is 11.0. The first-order valence-corrected chi connectivity index (χ1v) is 8.27. The Hall–Kier alpha value is -2.38. The largest absolute Gasteiger partial charge is 0.493 e. The zero-order valence-electron chi connectivity index (χ0n) is 13.6. The topological polar surface area (TPSA) is 84.9 Å². The van der Waals surface area contributed by atoms with E-state index in [1.54, 1.807) is 30.3 Å². The first kappa shape index (κ1) is 17.4. The van der Waals surface area contributed by atoms with Gasteiger partial charge in [0.25, 0.3) is 5.91 Å². The molecule has 7 heteroatoms. The number of rotatable bonds is 5. The number of Topliss-reactive ketones (excluding diaryl/α,β-unsaturated/α-hetero) is 1. The normalized spacial score (nSPS) is 18.5. The van der Waals surface area contributed by atoms with Crippen LogP contribution in [0.1, 0.15) is 22.3 Å². The lowest BCUT2D eigenvalue weighted by Gasteiger charge is -2.20. The molecule has 0 bridgehead atoms. The maximum absolute atomic E-state index is 12.7. The third-order valence-corrected chi connectivity index (χ3v) is 4.67. The van der Waals surface area contributed by atoms with E-state index in [2.05, 4.69) is 21.2 Å². The second-order valence-corrected chi connectivity index (χ2v) is 6.59. The zero-order chi connectivity index (χ0) is 18.2. The van der Waals surface area contributed by atoms with Gasteiger partial charge in [0.15, 0.2) is 22.9 Å². The molecule has 0 spiro atoms. The van der Waals surface area contributed by atoms with Crippen LogP contribution < -0.4 is 14.8 Å². The Labute approximate surface area is 152 Å². The van der Waals surface area contributed by atoms with Crippen LogP contribution in [0.5, 0.6) is 11.5 Å². The van der Waals surface area contributed by atoms with Crippen molar-refractivity contribution >= 4 is 33.3 Å². The molecule has 0 saturated carbocycles. The number of ketones is 1. The molecular formula is C18H16BrNO5. The van der Waals surface area contributed by atoms with Crippen LogP contribution in [0.2, 0.25) is 0 Å². The van der Waals surface area contributed by atoms with Crippen LogP contribution in [0.15, 0.2) is 40.9 Å². The SMILES string of the molecule is COc1ccc(C(=O)C[C@]2(O)C(=O)Nc3ccc(Br)cc32)cc1OC. The Kier molecular flexibility index (Phi) is 4.53. The number of halogens is 1. The van der Waals surface area contributed by atoms with Crippen molar-refractivity contribution in [2.45, 2.75) is 12.0 Å². The molecule has 1 heterocycles. The van der Waals surface area contributed by atoms with Crippen LogP contribution >= 0.6 is 15.9 Å². The number of anilines is 1. The highest BCUT2D eigenvalue weighted by Gasteiger charge is 2.46. The van der Waals surface area contributed by atoms with Crippen LogP contribution in [-0.2, 0) is 10.4 Å². The second-order valence-electron chi connectivity index (χ2n) is 5.67. The Morgan fingerprint density at radius 2 is 1.88 bits per heavy atom. The number of nitrogens with one attached hydrogen (secondary N) is 1. The predicted molar refractivity (Wildman–Crippen MR) is 95.2 cm³/mol. The summed E-state index contributed by atoms with van der Waals surface area (Å²) >= 11 is 3.32. The summed E-state index contributed by atoms with van der Waals surface area (Å²) in [4.78, 5) is 24.9. The van der Waals surface area contributed by atoms with Gasteiger partial charge in [-0.25, -0.2) is 0 Å². The van der Waals surface area contributed by atoms with E-state index in [1.165, 1.54) is 20.3 Å². The molecule has 0 unspecified atom stereocenters. The van der Waals surface area contributed by atoms with Gasteiger partial charge in [0.1, 0.15) is 0 Å². The fourth-order valence-electron chi connectivity index (χ4n) is 2.84. The Balaban J connectivity index is 1.93. The molecule has 0 radical (unpaired) electrons. The van der Waals surface area contributed by atoms with Gasteiger partial charge in [0.2, 0.25) is 0 Å². The molecule has 3 rings (SSSR count). The highest BCUT2D eigenvalue weighted by atomic mass is 79.9. The minimum atomic E-state index is -1.91. The summed E-state index contributed by atoms with van der Waals surface area (Å²) in [5, 5.41) is 13.5. The minimum Gasteiger partial charge on any atom is -0.493 e. The molecule has 0 aromatic heterocycles. The van der Waals surface area contributed by atoms with Crippen molar-refractivity contribution < 1.29 is 24.2 Å². The first-order valence-electron chi connectivity index (χ1n) is 7.48. The van der Waals surface area contributed by atoms with E-state index in [0.717, 1.165) is 0 Å². The van der Waals surface area contributed by atoms with Gasteiger partial charge in [0.05, 0.1) is 20.6 Å². The molecule has 0 saturated heterocycles. The van der Waals surface area contributed by atoms with Crippen LogP contribution in [0, 0.1) is 0 Å². The fourth-order valence-corrected chi connectivity index (χ4v) is 3.20. The smallest absolute Gasteiger partial charge is 0.261 e. The monoisotopic (exact) mass is 405 g/mol. The molecule has 1 amide bonds. The third kappa shape index (κ3) is 3.01. The van der Waals surface area contributed by atoms with E-state index in [0.29, 0.717) is 32.8 Å². The van der Waals surface area contributed by atoms with E-state index in [1.807, 2.05) is 0 Å². The number of benzene rings is 2. The molecule has 25 heavy (non-hydrogen) atoms. The van der Waals surface area contributed by atoms with Crippen molar-refractivity contribution in [3.63, 3.8) is 0 Å². The Morgan fingerprint density at radius 3 is 2.56 bits per heavy atom. The van der Waals surface area contributed by atoms with Crippen molar-refractivity contribution in [2.24, 2.45) is 0 Å². The average molecular weight is 406 g/mol. The predicted octanol–water partition coefficient (Wildman–Crippen LogP) is 2.88. The number of ether oxygens (including phenoxy) is 2. The van der Waals surface area contributed by atoms with Crippen molar-refractivity contribution in [2.75, 3.05) is 19.5 Å². The number of hydrogen-bond donors (Lipinski definition) is 2. The molecule has 0 aliphatic carbocycles. The number of amides is 1. The first-order chi connectivity index (χ1) is 11.9. The maximum atomic E-state index is 12.7. The van der Waals surface area contributed by atoms with Crippen molar-refractivity contribution in [3.8, 4) is 11.5 Å². The Bertz CT molecular complexity index is 867. The molecule has 1 aliphatic heterocycles. The minimum absolute atomic E-state index is 0.322. The van der Waals surface area contributed by atoms with E-state index in [9.17, 15) is 14.7 Å². The summed E-state index contributed by atoms with van der Waals surface area (Å²) in [6.07, 6.45) is -0.377. The Morgan fingerprint density at radius 1 is 1.16 bits per heavy atom. The molecule has 0 fully saturated rings. The van der Waals surface area contributed by atoms with E-state index < -0.39 is 11.5 Å². The third-order valence-electron chi connectivity index (χ3n) is 4.17. The summed E-state index contributed by atoms with van der Waals surface area (Å²) in [7, 11) is 2.97. The van der Waals surface area contributed by atoms with E-state index in [-0.39, 0.29) is 12.2 Å². The van der Waals surface area contributed by atoms with Crippen LogP contribution in [0.25, 0.3) is 0 Å².